The summed E-state index contributed by atoms with van der Waals surface area (Å²) in [5.41, 5.74) is 5.16. The van der Waals surface area contributed by atoms with Gasteiger partial charge in [-0.05, 0) is 12.1 Å². The van der Waals surface area contributed by atoms with E-state index in [9.17, 15) is 18.0 Å². The van der Waals surface area contributed by atoms with Crippen molar-refractivity contribution < 1.29 is 23.1 Å². The Kier molecular flexibility index (Phi) is 2.94. The van der Waals surface area contributed by atoms with Crippen LogP contribution < -0.4 is 5.73 Å². The molecule has 0 atom stereocenters. The summed E-state index contributed by atoms with van der Waals surface area (Å²) in [4.78, 5) is 18.8. The first-order chi connectivity index (χ1) is 10.3. The number of benzene rings is 1. The van der Waals surface area contributed by atoms with Gasteiger partial charge in [-0.3, -0.25) is 4.79 Å². The fraction of sp³-hybridized carbons (Fsp3) is 0.154. The lowest BCUT2D eigenvalue weighted by Crippen LogP contribution is -2.10. The van der Waals surface area contributed by atoms with Gasteiger partial charge in [0, 0.05) is 5.39 Å². The Labute approximate surface area is 121 Å². The molecule has 0 fully saturated rings. The number of nitrogens with zero attached hydrogens (tertiary/aromatic N) is 3. The Hall–Kier alpha value is -2.84. The Bertz CT molecular complexity index is 902. The van der Waals surface area contributed by atoms with Gasteiger partial charge >= 0.3 is 12.1 Å². The minimum atomic E-state index is -4.53. The van der Waals surface area contributed by atoms with E-state index in [-0.39, 0.29) is 17.0 Å². The van der Waals surface area contributed by atoms with E-state index < -0.39 is 24.3 Å². The maximum atomic E-state index is 12.9. The van der Waals surface area contributed by atoms with E-state index in [1.807, 2.05) is 0 Å². The molecule has 3 rings (SSSR count). The van der Waals surface area contributed by atoms with E-state index in [4.69, 9.17) is 10.8 Å². The number of hydrogen-bond acceptors (Lipinski definition) is 4. The molecular formula is C13H9F3N4O2. The number of carboxylic acid groups (broad SMARTS) is 1. The zero-order valence-electron chi connectivity index (χ0n) is 10.9. The standard InChI is InChI=1S/C13H9F3N4O2/c14-13(15,16)6-1-2-7-8(3-6)20(4-9(21)22)12-10(7)11(17)18-5-19-12/h1-3,5H,4H2,(H,21,22)(H2,17,18,19). The molecule has 0 amide bonds. The molecule has 2 heterocycles. The monoisotopic (exact) mass is 310 g/mol. The zero-order chi connectivity index (χ0) is 16.1. The van der Waals surface area contributed by atoms with E-state index in [1.54, 1.807) is 0 Å². The molecule has 1 aromatic carbocycles. The Morgan fingerprint density at radius 3 is 2.68 bits per heavy atom. The van der Waals surface area contributed by atoms with Crippen LogP contribution in [-0.2, 0) is 17.5 Å². The number of carboxylic acids is 1. The number of halogens is 3. The molecule has 0 radical (unpaired) electrons. The molecule has 22 heavy (non-hydrogen) atoms. The normalized spacial score (nSPS) is 12.1. The number of rotatable bonds is 2. The molecule has 0 aliphatic carbocycles. The molecule has 3 N–H and O–H groups in total. The summed E-state index contributed by atoms with van der Waals surface area (Å²) in [6.07, 6.45) is -3.39. The van der Waals surface area contributed by atoms with Gasteiger partial charge in [0.25, 0.3) is 0 Å². The summed E-state index contributed by atoms with van der Waals surface area (Å²) in [5.74, 6) is -1.12. The summed E-state index contributed by atoms with van der Waals surface area (Å²) < 4.78 is 39.8. The second kappa shape index (κ2) is 4.58. The summed E-state index contributed by atoms with van der Waals surface area (Å²) in [7, 11) is 0. The SMILES string of the molecule is Nc1ncnc2c1c1ccc(C(F)(F)F)cc1n2CC(=O)O. The van der Waals surface area contributed by atoms with Gasteiger partial charge in [0.1, 0.15) is 24.3 Å². The smallest absolute Gasteiger partial charge is 0.416 e. The van der Waals surface area contributed by atoms with E-state index in [1.165, 1.54) is 10.6 Å². The van der Waals surface area contributed by atoms with E-state index in [0.29, 0.717) is 10.8 Å². The van der Waals surface area contributed by atoms with Crippen LogP contribution in [0.15, 0.2) is 24.5 Å². The van der Waals surface area contributed by atoms with Gasteiger partial charge in [0.05, 0.1) is 16.5 Å². The third-order valence-corrected chi connectivity index (χ3v) is 3.29. The van der Waals surface area contributed by atoms with Crippen molar-refractivity contribution in [3.63, 3.8) is 0 Å². The van der Waals surface area contributed by atoms with Gasteiger partial charge < -0.3 is 15.4 Å². The number of nitrogens with two attached hydrogens (primary N) is 1. The van der Waals surface area contributed by atoms with Crippen LogP contribution in [0.3, 0.4) is 0 Å². The first kappa shape index (κ1) is 14.1. The zero-order valence-corrected chi connectivity index (χ0v) is 10.9. The van der Waals surface area contributed by atoms with Crippen molar-refractivity contribution in [2.75, 3.05) is 5.73 Å². The molecular weight excluding hydrogens is 301 g/mol. The maximum Gasteiger partial charge on any atom is 0.416 e. The quantitative estimate of drug-likeness (QED) is 0.757. The van der Waals surface area contributed by atoms with Crippen molar-refractivity contribution in [2.45, 2.75) is 12.7 Å². The van der Waals surface area contributed by atoms with Crippen LogP contribution in [-0.4, -0.2) is 25.6 Å². The number of carbonyl (C=O) groups is 1. The molecule has 0 spiro atoms. The summed E-state index contributed by atoms with van der Waals surface area (Å²) >= 11 is 0. The molecule has 9 heteroatoms. The van der Waals surface area contributed by atoms with Crippen molar-refractivity contribution in [1.29, 1.82) is 0 Å². The number of anilines is 1. The predicted octanol–water partition coefficient (Wildman–Crippen LogP) is 2.27. The number of nitrogen functional groups attached to an aromatic ring is 1. The number of hydrogen-bond donors (Lipinski definition) is 2. The summed E-state index contributed by atoms with van der Waals surface area (Å²) in [5, 5.41) is 9.70. The van der Waals surface area contributed by atoms with Crippen LogP contribution >= 0.6 is 0 Å². The van der Waals surface area contributed by atoms with Gasteiger partial charge in [-0.1, -0.05) is 6.07 Å². The fourth-order valence-corrected chi connectivity index (χ4v) is 2.40. The first-order valence-electron chi connectivity index (χ1n) is 6.10. The second-order valence-electron chi connectivity index (χ2n) is 4.67. The number of fused-ring (bicyclic) bond motifs is 3. The van der Waals surface area contributed by atoms with Crippen LogP contribution in [0.5, 0.6) is 0 Å². The second-order valence-corrected chi connectivity index (χ2v) is 4.67. The average molecular weight is 310 g/mol. The van der Waals surface area contributed by atoms with Crippen molar-refractivity contribution in [3.05, 3.63) is 30.1 Å². The minimum Gasteiger partial charge on any atom is -0.480 e. The number of alkyl halides is 3. The average Bonchev–Trinajstić information content (AvgIpc) is 2.72. The van der Waals surface area contributed by atoms with E-state index in [2.05, 4.69) is 9.97 Å². The molecule has 0 aliphatic rings. The Morgan fingerprint density at radius 1 is 1.32 bits per heavy atom. The fourth-order valence-electron chi connectivity index (χ4n) is 2.40. The minimum absolute atomic E-state index is 0.0823. The highest BCUT2D eigenvalue weighted by molar-refractivity contribution is 6.11. The number of aromatic nitrogens is 3. The lowest BCUT2D eigenvalue weighted by atomic mass is 10.1. The van der Waals surface area contributed by atoms with Crippen molar-refractivity contribution in [2.24, 2.45) is 0 Å². The van der Waals surface area contributed by atoms with E-state index >= 15 is 0 Å². The Morgan fingerprint density at radius 2 is 2.05 bits per heavy atom. The molecule has 0 aliphatic heterocycles. The molecule has 0 saturated carbocycles. The highest BCUT2D eigenvalue weighted by atomic mass is 19.4. The van der Waals surface area contributed by atoms with Crippen LogP contribution in [0.1, 0.15) is 5.56 Å². The van der Waals surface area contributed by atoms with Crippen LogP contribution in [0, 0.1) is 0 Å². The highest BCUT2D eigenvalue weighted by Gasteiger charge is 2.31. The van der Waals surface area contributed by atoms with Crippen molar-refractivity contribution in [1.82, 2.24) is 14.5 Å². The van der Waals surface area contributed by atoms with Crippen LogP contribution in [0.4, 0.5) is 19.0 Å². The first-order valence-corrected chi connectivity index (χ1v) is 6.10. The number of aliphatic carboxylic acids is 1. The van der Waals surface area contributed by atoms with Gasteiger partial charge in [0.15, 0.2) is 0 Å². The predicted molar refractivity (Wildman–Crippen MR) is 72.1 cm³/mol. The van der Waals surface area contributed by atoms with Crippen molar-refractivity contribution >= 4 is 33.7 Å². The van der Waals surface area contributed by atoms with Crippen LogP contribution in [0.25, 0.3) is 21.9 Å². The van der Waals surface area contributed by atoms with Gasteiger partial charge in [-0.2, -0.15) is 13.2 Å². The lowest BCUT2D eigenvalue weighted by molar-refractivity contribution is -0.138. The molecule has 0 bridgehead atoms. The van der Waals surface area contributed by atoms with Gasteiger partial charge in [-0.15, -0.1) is 0 Å². The molecule has 3 aromatic rings. The van der Waals surface area contributed by atoms with E-state index in [0.717, 1.165) is 18.5 Å². The maximum absolute atomic E-state index is 12.9. The van der Waals surface area contributed by atoms with Gasteiger partial charge in [-0.25, -0.2) is 9.97 Å². The molecule has 0 unspecified atom stereocenters. The summed E-state index contributed by atoms with van der Waals surface area (Å²) in [6.45, 7) is -0.530. The third kappa shape index (κ3) is 2.10. The largest absolute Gasteiger partial charge is 0.480 e. The molecule has 2 aromatic heterocycles. The molecule has 114 valence electrons. The van der Waals surface area contributed by atoms with Crippen LogP contribution in [0.2, 0.25) is 0 Å². The molecule has 6 nitrogen and oxygen atoms in total. The lowest BCUT2D eigenvalue weighted by Gasteiger charge is -2.08. The highest BCUT2D eigenvalue weighted by Crippen LogP contribution is 2.36. The molecule has 0 saturated heterocycles. The van der Waals surface area contributed by atoms with Crippen molar-refractivity contribution in [3.8, 4) is 0 Å². The summed E-state index contributed by atoms with van der Waals surface area (Å²) in [6, 6.07) is 3.05. The Balaban J connectivity index is 2.44. The van der Waals surface area contributed by atoms with Gasteiger partial charge in [0.2, 0.25) is 0 Å². The topological polar surface area (TPSA) is 94.0 Å². The third-order valence-electron chi connectivity index (χ3n) is 3.29.